The van der Waals surface area contributed by atoms with Gasteiger partial charge < -0.3 is 4.74 Å². The van der Waals surface area contributed by atoms with Crippen molar-refractivity contribution in [1.82, 2.24) is 0 Å². The van der Waals surface area contributed by atoms with E-state index in [0.29, 0.717) is 29.2 Å². The van der Waals surface area contributed by atoms with Crippen LogP contribution in [0.4, 0.5) is 0 Å². The van der Waals surface area contributed by atoms with Crippen molar-refractivity contribution in [3.8, 4) is 6.07 Å². The molecule has 0 aromatic heterocycles. The third-order valence-corrected chi connectivity index (χ3v) is 4.81. The lowest BCUT2D eigenvalue weighted by Gasteiger charge is -2.41. The third-order valence-electron chi connectivity index (χ3n) is 4.56. The van der Waals surface area contributed by atoms with E-state index in [1.54, 1.807) is 12.1 Å². The maximum absolute atomic E-state index is 12.7. The van der Waals surface area contributed by atoms with Gasteiger partial charge in [0.05, 0.1) is 6.07 Å². The summed E-state index contributed by atoms with van der Waals surface area (Å²) >= 11 is 5.96. The SMILES string of the molecule is CC1(C)CC(=O)C2=C(C1)O[C@@H](N)[C@@H](C#N)[C@@H]2c1ccc(Cl)cc1. The number of hydrogen-bond acceptors (Lipinski definition) is 4. The molecule has 2 N–H and O–H groups in total. The Bertz CT molecular complexity index is 716. The number of nitrogens with zero attached hydrogens (tertiary/aromatic N) is 1. The molecule has 1 aliphatic heterocycles. The van der Waals surface area contributed by atoms with Gasteiger partial charge in [0.25, 0.3) is 0 Å². The number of rotatable bonds is 1. The minimum Gasteiger partial charge on any atom is -0.478 e. The van der Waals surface area contributed by atoms with Crippen LogP contribution in [0.15, 0.2) is 35.6 Å². The summed E-state index contributed by atoms with van der Waals surface area (Å²) in [6, 6.07) is 9.47. The smallest absolute Gasteiger partial charge is 0.164 e. The second-order valence-corrected chi connectivity index (χ2v) is 7.48. The normalized spacial score (nSPS) is 29.5. The van der Waals surface area contributed by atoms with E-state index in [0.717, 1.165) is 5.56 Å². The van der Waals surface area contributed by atoms with E-state index in [1.807, 2.05) is 26.0 Å². The van der Waals surface area contributed by atoms with E-state index < -0.39 is 12.1 Å². The lowest BCUT2D eigenvalue weighted by Crippen LogP contribution is -2.44. The van der Waals surface area contributed by atoms with Crippen molar-refractivity contribution in [3.05, 3.63) is 46.2 Å². The summed E-state index contributed by atoms with van der Waals surface area (Å²) in [6.45, 7) is 4.08. The maximum atomic E-state index is 12.7. The third kappa shape index (κ3) is 2.87. The van der Waals surface area contributed by atoms with Crippen LogP contribution in [-0.2, 0) is 9.53 Å². The van der Waals surface area contributed by atoms with Crippen LogP contribution in [0.1, 0.15) is 38.2 Å². The van der Waals surface area contributed by atoms with Gasteiger partial charge in [-0.3, -0.25) is 10.5 Å². The largest absolute Gasteiger partial charge is 0.478 e. The average molecular weight is 331 g/mol. The van der Waals surface area contributed by atoms with E-state index in [9.17, 15) is 10.1 Å². The molecule has 1 aromatic carbocycles. The molecular formula is C18H19ClN2O2. The summed E-state index contributed by atoms with van der Waals surface area (Å²) < 4.78 is 5.76. The van der Waals surface area contributed by atoms with Crippen LogP contribution < -0.4 is 5.73 Å². The van der Waals surface area contributed by atoms with Gasteiger partial charge in [-0.15, -0.1) is 0 Å². The molecule has 2 aliphatic rings. The molecule has 1 heterocycles. The highest BCUT2D eigenvalue weighted by atomic mass is 35.5. The summed E-state index contributed by atoms with van der Waals surface area (Å²) in [5, 5.41) is 10.2. The molecule has 1 aliphatic carbocycles. The minimum atomic E-state index is -0.735. The number of halogens is 1. The zero-order valence-electron chi connectivity index (χ0n) is 13.2. The summed E-state index contributed by atoms with van der Waals surface area (Å²) in [5.41, 5.74) is 7.41. The van der Waals surface area contributed by atoms with Crippen LogP contribution in [0.5, 0.6) is 0 Å². The number of allylic oxidation sites excluding steroid dienone is 2. The molecule has 4 nitrogen and oxygen atoms in total. The van der Waals surface area contributed by atoms with Gasteiger partial charge in [0.1, 0.15) is 11.7 Å². The highest BCUT2D eigenvalue weighted by Crippen LogP contribution is 2.48. The number of carbonyl (C=O) groups is 1. The topological polar surface area (TPSA) is 76.1 Å². The standard InChI is InChI=1S/C18H19ClN2O2/c1-18(2)7-13(22)16-14(8-18)23-17(21)12(9-20)15(16)10-3-5-11(19)6-4-10/h3-6,12,15,17H,7-8,21H2,1-2H3/t12-,15-,17+/m0/s1. The van der Waals surface area contributed by atoms with Crippen molar-refractivity contribution in [2.24, 2.45) is 17.1 Å². The molecule has 0 radical (unpaired) electrons. The Hall–Kier alpha value is -1.83. The van der Waals surface area contributed by atoms with E-state index in [2.05, 4.69) is 6.07 Å². The first-order valence-electron chi connectivity index (χ1n) is 7.66. The van der Waals surface area contributed by atoms with Crippen LogP contribution in [-0.4, -0.2) is 12.0 Å². The minimum absolute atomic E-state index is 0.0448. The molecule has 0 unspecified atom stereocenters. The van der Waals surface area contributed by atoms with Crippen molar-refractivity contribution >= 4 is 17.4 Å². The molecule has 120 valence electrons. The first-order chi connectivity index (χ1) is 10.8. The average Bonchev–Trinajstić information content (AvgIpc) is 2.45. The number of hydrogen-bond donors (Lipinski definition) is 1. The van der Waals surface area contributed by atoms with Gasteiger partial charge in [0, 0.05) is 29.4 Å². The lowest BCUT2D eigenvalue weighted by atomic mass is 9.68. The van der Waals surface area contributed by atoms with Crippen LogP contribution in [0.25, 0.3) is 0 Å². The Kier molecular flexibility index (Phi) is 3.95. The first kappa shape index (κ1) is 16.0. The summed E-state index contributed by atoms with van der Waals surface area (Å²) in [4.78, 5) is 12.7. The Balaban J connectivity index is 2.14. The number of ether oxygens (including phenoxy) is 1. The Morgan fingerprint density at radius 1 is 1.30 bits per heavy atom. The Labute approximate surface area is 140 Å². The molecule has 1 aromatic rings. The van der Waals surface area contributed by atoms with Crippen molar-refractivity contribution < 1.29 is 9.53 Å². The van der Waals surface area contributed by atoms with Crippen molar-refractivity contribution in [2.45, 2.75) is 38.8 Å². The van der Waals surface area contributed by atoms with E-state index in [4.69, 9.17) is 22.1 Å². The molecule has 3 rings (SSSR count). The van der Waals surface area contributed by atoms with Crippen molar-refractivity contribution in [3.63, 3.8) is 0 Å². The van der Waals surface area contributed by atoms with Gasteiger partial charge in [0.15, 0.2) is 12.0 Å². The molecule has 0 fully saturated rings. The van der Waals surface area contributed by atoms with Gasteiger partial charge in [-0.1, -0.05) is 37.6 Å². The Morgan fingerprint density at radius 3 is 2.57 bits per heavy atom. The lowest BCUT2D eigenvalue weighted by molar-refractivity contribution is -0.120. The van der Waals surface area contributed by atoms with Crippen LogP contribution >= 0.6 is 11.6 Å². The molecule has 0 saturated carbocycles. The number of Topliss-reactive ketones (excluding diaryl/α,β-unsaturated/α-hetero) is 1. The zero-order valence-corrected chi connectivity index (χ0v) is 13.9. The zero-order chi connectivity index (χ0) is 16.8. The van der Waals surface area contributed by atoms with Gasteiger partial charge in [0.2, 0.25) is 0 Å². The highest BCUT2D eigenvalue weighted by molar-refractivity contribution is 6.30. The van der Waals surface area contributed by atoms with E-state index in [-0.39, 0.29) is 17.1 Å². The number of nitriles is 1. The predicted molar refractivity (Wildman–Crippen MR) is 87.4 cm³/mol. The fourth-order valence-electron chi connectivity index (χ4n) is 3.53. The van der Waals surface area contributed by atoms with Gasteiger partial charge in [-0.2, -0.15) is 5.26 Å². The van der Waals surface area contributed by atoms with Crippen LogP contribution in [0.2, 0.25) is 5.02 Å². The molecule has 3 atom stereocenters. The summed E-state index contributed by atoms with van der Waals surface area (Å²) in [5.74, 6) is -0.270. The summed E-state index contributed by atoms with van der Waals surface area (Å²) in [6.07, 6.45) is 0.373. The van der Waals surface area contributed by atoms with Gasteiger partial charge in [-0.25, -0.2) is 0 Å². The number of carbonyl (C=O) groups excluding carboxylic acids is 1. The Morgan fingerprint density at radius 2 is 1.96 bits per heavy atom. The maximum Gasteiger partial charge on any atom is 0.164 e. The number of benzene rings is 1. The van der Waals surface area contributed by atoms with Gasteiger partial charge in [-0.05, 0) is 23.1 Å². The molecule has 0 bridgehead atoms. The second-order valence-electron chi connectivity index (χ2n) is 7.04. The molecule has 23 heavy (non-hydrogen) atoms. The number of ketones is 1. The fourth-order valence-corrected chi connectivity index (χ4v) is 3.65. The fraction of sp³-hybridized carbons (Fsp3) is 0.444. The van der Waals surface area contributed by atoms with Crippen LogP contribution in [0.3, 0.4) is 0 Å². The highest BCUT2D eigenvalue weighted by Gasteiger charge is 2.46. The quantitative estimate of drug-likeness (QED) is 0.854. The first-order valence-corrected chi connectivity index (χ1v) is 8.04. The molecule has 5 heteroatoms. The summed E-state index contributed by atoms with van der Waals surface area (Å²) in [7, 11) is 0. The molecule has 0 amide bonds. The molecule has 0 saturated heterocycles. The number of nitrogens with two attached hydrogens (primary N) is 1. The van der Waals surface area contributed by atoms with Crippen LogP contribution in [0, 0.1) is 22.7 Å². The molecule has 0 spiro atoms. The molecular weight excluding hydrogens is 312 g/mol. The predicted octanol–water partition coefficient (Wildman–Crippen LogP) is 3.52. The van der Waals surface area contributed by atoms with Crippen molar-refractivity contribution in [2.75, 3.05) is 0 Å². The van der Waals surface area contributed by atoms with Gasteiger partial charge >= 0.3 is 0 Å². The van der Waals surface area contributed by atoms with E-state index in [1.165, 1.54) is 0 Å². The second kappa shape index (κ2) is 5.67. The monoisotopic (exact) mass is 330 g/mol. The van der Waals surface area contributed by atoms with Crippen molar-refractivity contribution in [1.29, 1.82) is 5.26 Å². The van der Waals surface area contributed by atoms with E-state index >= 15 is 0 Å².